The van der Waals surface area contributed by atoms with Crippen molar-refractivity contribution in [3.63, 3.8) is 0 Å². The Morgan fingerprint density at radius 1 is 1.83 bits per heavy atom. The van der Waals surface area contributed by atoms with Gasteiger partial charge in [0.05, 0.1) is 0 Å². The van der Waals surface area contributed by atoms with Gasteiger partial charge in [-0.1, -0.05) is 0 Å². The highest BCUT2D eigenvalue weighted by Gasteiger charge is 2.15. The maximum atomic E-state index is 11.6. The number of hydrogen-bond acceptors (Lipinski definition) is 0. The minimum atomic E-state index is -2.04. The maximum absolute atomic E-state index is 11.6. The molecule has 0 fully saturated rings. The first-order valence-corrected chi connectivity index (χ1v) is 1.92. The van der Waals surface area contributed by atoms with Crippen molar-refractivity contribution in [2.75, 3.05) is 6.67 Å². The average molecular weight is 111 g/mol. The Bertz CT molecular complexity index is 38.5. The Morgan fingerprint density at radius 3 is 2.00 bits per heavy atom. The molecule has 0 aromatic rings. The lowest BCUT2D eigenvalue weighted by atomic mass is 10.5. The smallest absolute Gasteiger partial charge is 0.191 e. The Kier molecular flexibility index (Phi) is 1.84. The summed E-state index contributed by atoms with van der Waals surface area (Å²) in [6.45, 7) is -0.0648. The quantitative estimate of drug-likeness (QED) is 0.484. The van der Waals surface area contributed by atoms with Crippen LogP contribution in [-0.2, 0) is 0 Å². The molecule has 37 valence electrons. The Hall–Kier alpha value is 0.210. The third-order valence-electron chi connectivity index (χ3n) is 0.239. The predicted octanol–water partition coefficient (Wildman–Crippen LogP) is 1.84. The van der Waals surface area contributed by atoms with Crippen LogP contribution in [0.4, 0.5) is 8.78 Å². The van der Waals surface area contributed by atoms with Crippen molar-refractivity contribution in [1.29, 1.82) is 0 Å². The van der Waals surface area contributed by atoms with E-state index in [-0.39, 0.29) is 0 Å². The van der Waals surface area contributed by atoms with Crippen molar-refractivity contribution in [2.24, 2.45) is 0 Å². The van der Waals surface area contributed by atoms with E-state index in [0.717, 1.165) is 6.92 Å². The lowest BCUT2D eigenvalue weighted by Crippen LogP contribution is -2.09. The molecule has 0 amide bonds. The van der Waals surface area contributed by atoms with Gasteiger partial charge in [-0.3, -0.25) is 0 Å². The van der Waals surface area contributed by atoms with Crippen molar-refractivity contribution < 1.29 is 8.78 Å². The summed E-state index contributed by atoms with van der Waals surface area (Å²) < 4.78 is 22.6. The molecule has 0 aliphatic heterocycles. The normalized spacial score (nSPS) is 20.0. The van der Waals surface area contributed by atoms with Gasteiger partial charge in [0, 0.05) is 0 Å². The van der Waals surface area contributed by atoms with E-state index in [1.54, 1.807) is 0 Å². The molecule has 6 heavy (non-hydrogen) atoms. The second-order valence-corrected chi connectivity index (χ2v) is 2.09. The fraction of sp³-hybridized carbons (Fsp3) is 1.00. The Balaban J connectivity index is 3.17. The Labute approximate surface area is 41.0 Å². The predicted molar refractivity (Wildman–Crippen MR) is 23.1 cm³/mol. The minimum Gasteiger partial charge on any atom is -0.247 e. The van der Waals surface area contributed by atoms with Crippen LogP contribution in [0.15, 0.2) is 0 Å². The molecule has 1 unspecified atom stereocenters. The van der Waals surface area contributed by atoms with Crippen LogP contribution < -0.4 is 0 Å². The van der Waals surface area contributed by atoms with Gasteiger partial charge in [-0.2, -0.15) is 0 Å². The molecule has 3 heteroatoms. The first-order chi connectivity index (χ1) is 2.56. The monoisotopic (exact) mass is 111 g/mol. The van der Waals surface area contributed by atoms with E-state index in [1.807, 2.05) is 0 Å². The standard InChI is InChI=1S/C3H5F2S/c1-3(5,6)2-4/h2H2,1H3. The van der Waals surface area contributed by atoms with Gasteiger partial charge in [0.2, 0.25) is 0 Å². The molecule has 1 radical (unpaired) electrons. The number of hydrogen-bond donors (Lipinski definition) is 0. The lowest BCUT2D eigenvalue weighted by molar-refractivity contribution is 0.248. The summed E-state index contributed by atoms with van der Waals surface area (Å²) in [7, 11) is 0. The molecule has 0 saturated carbocycles. The molecular weight excluding hydrogens is 106 g/mol. The molecule has 0 heterocycles. The first kappa shape index (κ1) is 6.21. The molecule has 0 spiro atoms. The highest BCUT2D eigenvalue weighted by molar-refractivity contribution is 7.81. The van der Waals surface area contributed by atoms with Crippen molar-refractivity contribution >= 4 is 12.6 Å². The van der Waals surface area contributed by atoms with Crippen LogP contribution >= 0.6 is 12.6 Å². The first-order valence-electron chi connectivity index (χ1n) is 1.51. The van der Waals surface area contributed by atoms with Crippen molar-refractivity contribution in [3.05, 3.63) is 0 Å². The summed E-state index contributed by atoms with van der Waals surface area (Å²) in [4.78, 5) is 0. The summed E-state index contributed by atoms with van der Waals surface area (Å²) in [6, 6.07) is 0. The van der Waals surface area contributed by atoms with Gasteiger partial charge >= 0.3 is 0 Å². The van der Waals surface area contributed by atoms with Gasteiger partial charge in [0.1, 0.15) is 6.67 Å². The van der Waals surface area contributed by atoms with Gasteiger partial charge in [-0.25, -0.2) is 8.78 Å². The van der Waals surface area contributed by atoms with Gasteiger partial charge in [0.15, 0.2) is 5.00 Å². The van der Waals surface area contributed by atoms with Gasteiger partial charge in [-0.05, 0) is 19.6 Å². The summed E-state index contributed by atoms with van der Waals surface area (Å²) in [5.74, 6) is 0. The molecule has 0 saturated heterocycles. The van der Waals surface area contributed by atoms with Crippen LogP contribution in [0.3, 0.4) is 0 Å². The molecule has 0 nitrogen and oxygen atoms in total. The van der Waals surface area contributed by atoms with Crippen LogP contribution in [0.1, 0.15) is 6.92 Å². The topological polar surface area (TPSA) is 0 Å². The SMILES string of the molecule is CC(F)([S])CF. The zero-order chi connectivity index (χ0) is 5.21. The van der Waals surface area contributed by atoms with Gasteiger partial charge in [-0.15, -0.1) is 0 Å². The molecule has 0 N–H and O–H groups in total. The molecule has 0 rings (SSSR count). The van der Waals surface area contributed by atoms with Crippen molar-refractivity contribution in [2.45, 2.75) is 11.9 Å². The van der Waals surface area contributed by atoms with E-state index in [1.165, 1.54) is 0 Å². The summed E-state index contributed by atoms with van der Waals surface area (Å²) in [5.41, 5.74) is 0. The third kappa shape index (κ3) is 4.21. The van der Waals surface area contributed by atoms with Gasteiger partial charge in [0.25, 0.3) is 0 Å². The summed E-state index contributed by atoms with van der Waals surface area (Å²) >= 11 is 3.94. The van der Waals surface area contributed by atoms with Crippen LogP contribution in [-0.4, -0.2) is 11.7 Å². The fourth-order valence-corrected chi connectivity index (χ4v) is 0. The van der Waals surface area contributed by atoms with Gasteiger partial charge < -0.3 is 0 Å². The summed E-state index contributed by atoms with van der Waals surface area (Å²) in [6.07, 6.45) is 0. The van der Waals surface area contributed by atoms with E-state index >= 15 is 0 Å². The second kappa shape index (κ2) is 1.78. The molecule has 0 bridgehead atoms. The highest BCUT2D eigenvalue weighted by atomic mass is 32.1. The minimum absolute atomic E-state index is 1.02. The molecule has 1 atom stereocenters. The number of alkyl halides is 2. The van der Waals surface area contributed by atoms with Crippen LogP contribution in [0.2, 0.25) is 0 Å². The van der Waals surface area contributed by atoms with Crippen LogP contribution in [0.25, 0.3) is 0 Å². The van der Waals surface area contributed by atoms with E-state index < -0.39 is 11.7 Å². The highest BCUT2D eigenvalue weighted by Crippen LogP contribution is 2.13. The zero-order valence-corrected chi connectivity index (χ0v) is 4.19. The average Bonchev–Trinajstić information content (AvgIpc) is 1.35. The summed E-state index contributed by atoms with van der Waals surface area (Å²) in [5, 5.41) is -2.04. The molecule has 0 aromatic heterocycles. The number of rotatable bonds is 1. The molecule has 0 aliphatic carbocycles. The van der Waals surface area contributed by atoms with E-state index in [9.17, 15) is 8.78 Å². The Morgan fingerprint density at radius 2 is 2.00 bits per heavy atom. The molecule has 0 aromatic carbocycles. The van der Waals surface area contributed by atoms with Crippen molar-refractivity contribution in [1.82, 2.24) is 0 Å². The molecular formula is C3H5F2S. The van der Waals surface area contributed by atoms with Crippen molar-refractivity contribution in [3.8, 4) is 0 Å². The zero-order valence-electron chi connectivity index (χ0n) is 3.37. The third-order valence-corrected chi connectivity index (χ3v) is 0.348. The maximum Gasteiger partial charge on any atom is 0.191 e. The second-order valence-electron chi connectivity index (χ2n) is 1.24. The van der Waals surface area contributed by atoms with E-state index in [4.69, 9.17) is 0 Å². The fourth-order valence-electron chi connectivity index (χ4n) is 0. The van der Waals surface area contributed by atoms with E-state index in [0.29, 0.717) is 0 Å². The number of halogens is 2. The van der Waals surface area contributed by atoms with Crippen LogP contribution in [0, 0.1) is 0 Å². The largest absolute Gasteiger partial charge is 0.247 e. The van der Waals surface area contributed by atoms with Crippen LogP contribution in [0.5, 0.6) is 0 Å². The van der Waals surface area contributed by atoms with E-state index in [2.05, 4.69) is 12.6 Å². The molecule has 0 aliphatic rings. The lowest BCUT2D eigenvalue weighted by Gasteiger charge is -2.01.